The predicted molar refractivity (Wildman–Crippen MR) is 121 cm³/mol. The van der Waals surface area contributed by atoms with E-state index in [1.54, 1.807) is 0 Å². The number of fused-ring (bicyclic) bond motifs is 1. The van der Waals surface area contributed by atoms with Gasteiger partial charge in [-0.25, -0.2) is 9.37 Å². The van der Waals surface area contributed by atoms with Crippen LogP contribution in [-0.2, 0) is 6.42 Å². The van der Waals surface area contributed by atoms with E-state index < -0.39 is 0 Å². The number of piperidine rings is 1. The van der Waals surface area contributed by atoms with Crippen molar-refractivity contribution in [3.8, 4) is 11.3 Å². The van der Waals surface area contributed by atoms with Crippen LogP contribution >= 0.6 is 11.3 Å². The molecule has 1 fully saturated rings. The zero-order chi connectivity index (χ0) is 20.5. The number of thiazole rings is 1. The molecule has 2 aromatic heterocycles. The highest BCUT2D eigenvalue weighted by atomic mass is 32.1. The second kappa shape index (κ2) is 8.32. The number of aryl methyl sites for hydroxylation is 1. The molecule has 0 unspecified atom stereocenters. The summed E-state index contributed by atoms with van der Waals surface area (Å²) < 4.78 is 19.0. The lowest BCUT2D eigenvalue weighted by Gasteiger charge is -2.31. The van der Waals surface area contributed by atoms with Crippen LogP contribution in [0.1, 0.15) is 34.2 Å². The molecular formula is C25H25FN2OS. The lowest BCUT2D eigenvalue weighted by atomic mass is 9.89. The van der Waals surface area contributed by atoms with Crippen LogP contribution in [0.15, 0.2) is 59.2 Å². The SMILES string of the molecule is Cc1nc(-c2ccccc2)c(CCN2CCC(c3coc4cc(F)ccc34)CC2)s1. The molecule has 1 aliphatic rings. The van der Waals surface area contributed by atoms with Gasteiger partial charge in [0.1, 0.15) is 11.4 Å². The Kier molecular flexibility index (Phi) is 5.40. The number of hydrogen-bond donors (Lipinski definition) is 0. The van der Waals surface area contributed by atoms with Crippen LogP contribution in [0.25, 0.3) is 22.2 Å². The Morgan fingerprint density at radius 1 is 1.13 bits per heavy atom. The molecule has 1 aliphatic heterocycles. The molecule has 0 atom stereocenters. The van der Waals surface area contributed by atoms with Gasteiger partial charge in [0.25, 0.3) is 0 Å². The Labute approximate surface area is 180 Å². The number of halogens is 1. The molecule has 0 aliphatic carbocycles. The fourth-order valence-corrected chi connectivity index (χ4v) is 5.47. The molecule has 1 saturated heterocycles. The molecule has 2 aromatic carbocycles. The summed E-state index contributed by atoms with van der Waals surface area (Å²) in [5.41, 5.74) is 4.24. The largest absolute Gasteiger partial charge is 0.464 e. The van der Waals surface area contributed by atoms with Crippen molar-refractivity contribution in [3.63, 3.8) is 0 Å². The Balaban J connectivity index is 1.22. The van der Waals surface area contributed by atoms with Gasteiger partial charge in [-0.15, -0.1) is 11.3 Å². The summed E-state index contributed by atoms with van der Waals surface area (Å²) >= 11 is 1.82. The maximum Gasteiger partial charge on any atom is 0.137 e. The van der Waals surface area contributed by atoms with E-state index in [0.717, 1.165) is 55.0 Å². The van der Waals surface area contributed by atoms with E-state index >= 15 is 0 Å². The summed E-state index contributed by atoms with van der Waals surface area (Å²) in [4.78, 5) is 8.72. The fraction of sp³-hybridized carbons (Fsp3) is 0.320. The molecule has 0 radical (unpaired) electrons. The second-order valence-electron chi connectivity index (χ2n) is 8.07. The summed E-state index contributed by atoms with van der Waals surface area (Å²) in [6.07, 6.45) is 5.09. The number of likely N-dealkylation sites (tertiary alicyclic amines) is 1. The highest BCUT2D eigenvalue weighted by Crippen LogP contribution is 2.35. The van der Waals surface area contributed by atoms with Crippen molar-refractivity contribution in [1.82, 2.24) is 9.88 Å². The zero-order valence-electron chi connectivity index (χ0n) is 17.1. The van der Waals surface area contributed by atoms with Gasteiger partial charge in [-0.2, -0.15) is 0 Å². The molecule has 0 spiro atoms. The van der Waals surface area contributed by atoms with Crippen LogP contribution in [0.2, 0.25) is 0 Å². The van der Waals surface area contributed by atoms with Crippen LogP contribution in [0.4, 0.5) is 4.39 Å². The fourth-order valence-electron chi connectivity index (χ4n) is 4.53. The molecule has 3 nitrogen and oxygen atoms in total. The highest BCUT2D eigenvalue weighted by Gasteiger charge is 2.24. The lowest BCUT2D eigenvalue weighted by Crippen LogP contribution is -2.34. The first-order chi connectivity index (χ1) is 14.7. The molecule has 30 heavy (non-hydrogen) atoms. The van der Waals surface area contributed by atoms with Crippen molar-refractivity contribution in [1.29, 1.82) is 0 Å². The normalized spacial score (nSPS) is 15.8. The minimum atomic E-state index is -0.244. The monoisotopic (exact) mass is 420 g/mol. The number of furan rings is 1. The number of hydrogen-bond acceptors (Lipinski definition) is 4. The van der Waals surface area contributed by atoms with E-state index in [-0.39, 0.29) is 5.82 Å². The number of benzene rings is 2. The van der Waals surface area contributed by atoms with Crippen molar-refractivity contribution in [3.05, 3.63) is 76.1 Å². The van der Waals surface area contributed by atoms with Gasteiger partial charge in [-0.3, -0.25) is 0 Å². The van der Waals surface area contributed by atoms with Crippen molar-refractivity contribution in [2.75, 3.05) is 19.6 Å². The first kappa shape index (κ1) is 19.5. The molecule has 0 amide bonds. The maximum absolute atomic E-state index is 13.4. The van der Waals surface area contributed by atoms with Crippen molar-refractivity contribution < 1.29 is 8.81 Å². The van der Waals surface area contributed by atoms with Gasteiger partial charge < -0.3 is 9.32 Å². The van der Waals surface area contributed by atoms with E-state index in [1.807, 2.05) is 29.7 Å². The second-order valence-corrected chi connectivity index (χ2v) is 9.36. The molecule has 5 rings (SSSR count). The first-order valence-electron chi connectivity index (χ1n) is 10.6. The summed E-state index contributed by atoms with van der Waals surface area (Å²) in [6, 6.07) is 15.3. The Bertz CT molecular complexity index is 1140. The van der Waals surface area contributed by atoms with Crippen LogP contribution < -0.4 is 0 Å². The van der Waals surface area contributed by atoms with E-state index in [2.05, 4.69) is 36.1 Å². The van der Waals surface area contributed by atoms with E-state index in [1.165, 1.54) is 28.1 Å². The summed E-state index contributed by atoms with van der Waals surface area (Å²) in [7, 11) is 0. The molecule has 154 valence electrons. The van der Waals surface area contributed by atoms with Gasteiger partial charge in [0, 0.05) is 34.0 Å². The third kappa shape index (κ3) is 3.92. The Morgan fingerprint density at radius 3 is 2.73 bits per heavy atom. The molecule has 4 aromatic rings. The van der Waals surface area contributed by atoms with E-state index in [9.17, 15) is 4.39 Å². The van der Waals surface area contributed by atoms with Crippen LogP contribution in [0, 0.1) is 12.7 Å². The first-order valence-corrected chi connectivity index (χ1v) is 11.4. The smallest absolute Gasteiger partial charge is 0.137 e. The third-order valence-corrected chi connectivity index (χ3v) is 7.13. The summed E-state index contributed by atoms with van der Waals surface area (Å²) in [5.74, 6) is 0.241. The minimum absolute atomic E-state index is 0.244. The van der Waals surface area contributed by atoms with Gasteiger partial charge in [0.15, 0.2) is 0 Å². The molecule has 0 bridgehead atoms. The van der Waals surface area contributed by atoms with Gasteiger partial charge in [0.05, 0.1) is 17.0 Å². The zero-order valence-corrected chi connectivity index (χ0v) is 17.9. The van der Waals surface area contributed by atoms with Crippen molar-refractivity contribution >= 4 is 22.3 Å². The van der Waals surface area contributed by atoms with Crippen molar-refractivity contribution in [2.45, 2.75) is 32.1 Å². The Hall–Kier alpha value is -2.50. The van der Waals surface area contributed by atoms with Gasteiger partial charge >= 0.3 is 0 Å². The number of nitrogens with zero attached hydrogens (tertiary/aromatic N) is 2. The minimum Gasteiger partial charge on any atom is -0.464 e. The lowest BCUT2D eigenvalue weighted by molar-refractivity contribution is 0.215. The molecular weight excluding hydrogens is 395 g/mol. The molecule has 5 heteroatoms. The third-order valence-electron chi connectivity index (χ3n) is 6.10. The maximum atomic E-state index is 13.4. The summed E-state index contributed by atoms with van der Waals surface area (Å²) in [5, 5.41) is 2.19. The molecule has 0 saturated carbocycles. The molecule has 0 N–H and O–H groups in total. The van der Waals surface area contributed by atoms with Crippen LogP contribution in [-0.4, -0.2) is 29.5 Å². The van der Waals surface area contributed by atoms with Gasteiger partial charge in [0.2, 0.25) is 0 Å². The van der Waals surface area contributed by atoms with Crippen LogP contribution in [0.5, 0.6) is 0 Å². The summed E-state index contributed by atoms with van der Waals surface area (Å²) in [6.45, 7) is 5.31. The van der Waals surface area contributed by atoms with Gasteiger partial charge in [-0.05, 0) is 57.3 Å². The number of aromatic nitrogens is 1. The van der Waals surface area contributed by atoms with Gasteiger partial charge in [-0.1, -0.05) is 30.3 Å². The molecule has 3 heterocycles. The Morgan fingerprint density at radius 2 is 1.93 bits per heavy atom. The average Bonchev–Trinajstić information content (AvgIpc) is 3.36. The van der Waals surface area contributed by atoms with E-state index in [0.29, 0.717) is 11.5 Å². The van der Waals surface area contributed by atoms with E-state index in [4.69, 9.17) is 9.40 Å². The standard InChI is InChI=1S/C25H25FN2OS/c1-17-27-25(19-5-3-2-4-6-19)24(30-17)11-14-28-12-9-18(10-13-28)22-16-29-23-15-20(26)7-8-21(22)23/h2-8,15-16,18H,9-14H2,1H3. The predicted octanol–water partition coefficient (Wildman–Crippen LogP) is 6.43. The topological polar surface area (TPSA) is 29.3 Å². The van der Waals surface area contributed by atoms with Crippen molar-refractivity contribution in [2.24, 2.45) is 0 Å². The average molecular weight is 421 g/mol. The number of rotatable bonds is 5. The highest BCUT2D eigenvalue weighted by molar-refractivity contribution is 7.12. The van der Waals surface area contributed by atoms with Crippen LogP contribution in [0.3, 0.4) is 0 Å². The quantitative estimate of drug-likeness (QED) is 0.373.